The van der Waals surface area contributed by atoms with Gasteiger partial charge in [-0.1, -0.05) is 84.9 Å². The summed E-state index contributed by atoms with van der Waals surface area (Å²) in [5.41, 5.74) is 15.0. The zero-order valence-corrected chi connectivity index (χ0v) is 29.1. The second-order valence-corrected chi connectivity index (χ2v) is 15.1. The molecule has 0 spiro atoms. The van der Waals surface area contributed by atoms with E-state index in [1.54, 1.807) is 0 Å². The first-order valence-corrected chi connectivity index (χ1v) is 18.7. The van der Waals surface area contributed by atoms with Gasteiger partial charge in [0.1, 0.15) is 11.2 Å². The highest BCUT2D eigenvalue weighted by Gasteiger charge is 2.41. The van der Waals surface area contributed by atoms with Crippen molar-refractivity contribution in [3.8, 4) is 28.6 Å². The molecule has 14 rings (SSSR count). The first kappa shape index (κ1) is 28.1. The zero-order valence-electron chi connectivity index (χ0n) is 29.1. The smallest absolute Gasteiger partial charge is 0.252 e. The fourth-order valence-corrected chi connectivity index (χ4v) is 10.5. The molecule has 6 heteroatoms. The van der Waals surface area contributed by atoms with E-state index in [-0.39, 0.29) is 6.71 Å². The Morgan fingerprint density at radius 3 is 1.56 bits per heavy atom. The van der Waals surface area contributed by atoms with Gasteiger partial charge in [-0.2, -0.15) is 5.26 Å². The van der Waals surface area contributed by atoms with E-state index in [1.165, 1.54) is 48.7 Å². The first-order valence-electron chi connectivity index (χ1n) is 18.7. The van der Waals surface area contributed by atoms with E-state index >= 15 is 0 Å². The van der Waals surface area contributed by atoms with Gasteiger partial charge in [0.15, 0.2) is 0 Å². The number of benzene rings is 8. The topological polar surface area (TPSA) is 59.9 Å². The summed E-state index contributed by atoms with van der Waals surface area (Å²) in [7, 11) is 0. The van der Waals surface area contributed by atoms with E-state index in [0.29, 0.717) is 5.56 Å². The van der Waals surface area contributed by atoms with Gasteiger partial charge in [-0.15, -0.1) is 0 Å². The molecule has 0 N–H and O–H groups in total. The minimum Gasteiger partial charge on any atom is -0.464 e. The monoisotopic (exact) mass is 697 g/mol. The molecular weight excluding hydrogens is 673 g/mol. The maximum Gasteiger partial charge on any atom is 0.252 e. The van der Waals surface area contributed by atoms with Crippen LogP contribution < -0.4 is 16.4 Å². The summed E-state index contributed by atoms with van der Waals surface area (Å²) in [6.45, 7) is -0.0814. The lowest BCUT2D eigenvalue weighted by molar-refractivity contribution is 0.619. The predicted molar refractivity (Wildman–Crippen MR) is 224 cm³/mol. The number of nitriles is 1. The summed E-state index contributed by atoms with van der Waals surface area (Å²) in [5.74, 6) is 0. The molecule has 55 heavy (non-hydrogen) atoms. The Bertz CT molecular complexity index is 3580. The van der Waals surface area contributed by atoms with E-state index in [2.05, 4.69) is 130 Å². The second kappa shape index (κ2) is 9.54. The van der Waals surface area contributed by atoms with Crippen molar-refractivity contribution in [1.82, 2.24) is 9.13 Å². The predicted octanol–water partition coefficient (Wildman–Crippen LogP) is 10.4. The number of hydrogen-bond donors (Lipinski definition) is 0. The molecule has 0 fully saturated rings. The Labute approximate surface area is 312 Å². The van der Waals surface area contributed by atoms with E-state index in [4.69, 9.17) is 8.83 Å². The molecule has 8 aromatic carbocycles. The van der Waals surface area contributed by atoms with Crippen LogP contribution in [0.5, 0.6) is 0 Å². The molecule has 2 aliphatic heterocycles. The molecule has 4 aromatic heterocycles. The molecule has 5 nitrogen and oxygen atoms in total. The van der Waals surface area contributed by atoms with Gasteiger partial charge in [-0.25, -0.2) is 0 Å². The van der Waals surface area contributed by atoms with Crippen LogP contribution in [0.4, 0.5) is 0 Å². The number of furan rings is 2. The molecule has 12 aromatic rings. The largest absolute Gasteiger partial charge is 0.464 e. The SMILES string of the molecule is N#Cc1cccc(-c2cc3c4c(c2)-n2c5cccc6cccc(c7coc8ccc(c2c87)B4c2ccc4occ7c8cccc9cccc(c98)n-3c2c47)c65)c1. The van der Waals surface area contributed by atoms with E-state index < -0.39 is 0 Å². The summed E-state index contributed by atoms with van der Waals surface area (Å²) in [6.07, 6.45) is 3.89. The molecule has 2 aliphatic rings. The van der Waals surface area contributed by atoms with Crippen LogP contribution in [-0.2, 0) is 0 Å². The Kier molecular flexibility index (Phi) is 4.87. The van der Waals surface area contributed by atoms with Crippen molar-refractivity contribution < 1.29 is 8.83 Å². The maximum absolute atomic E-state index is 10.0. The van der Waals surface area contributed by atoms with Crippen LogP contribution >= 0.6 is 0 Å². The van der Waals surface area contributed by atoms with Crippen LogP contribution in [0, 0.1) is 11.3 Å². The summed E-state index contributed by atoms with van der Waals surface area (Å²) >= 11 is 0. The van der Waals surface area contributed by atoms with E-state index in [9.17, 15) is 5.26 Å². The van der Waals surface area contributed by atoms with Gasteiger partial charge in [0.05, 0.1) is 57.0 Å². The Morgan fingerprint density at radius 2 is 1.02 bits per heavy atom. The molecule has 0 saturated carbocycles. The van der Waals surface area contributed by atoms with Crippen LogP contribution in [0.1, 0.15) is 5.56 Å². The Balaban J connectivity index is 1.30. The average Bonchev–Trinajstić information content (AvgIpc) is 3.82. The highest BCUT2D eigenvalue weighted by Crippen LogP contribution is 2.44. The van der Waals surface area contributed by atoms with Crippen LogP contribution in [0.2, 0.25) is 0 Å². The molecule has 0 radical (unpaired) electrons. The molecule has 0 atom stereocenters. The molecular formula is C49H24BN3O2. The van der Waals surface area contributed by atoms with Crippen molar-refractivity contribution in [2.45, 2.75) is 0 Å². The number of aromatic nitrogens is 2. The Morgan fingerprint density at radius 1 is 0.491 bits per heavy atom. The number of hydrogen-bond acceptors (Lipinski definition) is 3. The first-order chi connectivity index (χ1) is 27.2. The minimum atomic E-state index is -0.0814. The molecule has 0 unspecified atom stereocenters. The third kappa shape index (κ3) is 3.25. The van der Waals surface area contributed by atoms with E-state index in [1.807, 2.05) is 30.7 Å². The lowest BCUT2D eigenvalue weighted by Crippen LogP contribution is -2.59. The minimum absolute atomic E-state index is 0.0814. The molecule has 6 heterocycles. The number of nitrogens with zero attached hydrogens (tertiary/aromatic N) is 3. The fourth-order valence-electron chi connectivity index (χ4n) is 10.5. The highest BCUT2D eigenvalue weighted by atomic mass is 16.3. The molecule has 0 aliphatic carbocycles. The third-order valence-corrected chi connectivity index (χ3v) is 12.6. The van der Waals surface area contributed by atoms with Gasteiger partial charge in [0, 0.05) is 32.9 Å². The number of fused-ring (bicyclic) bond motifs is 8. The van der Waals surface area contributed by atoms with Gasteiger partial charge in [0.25, 0.3) is 6.71 Å². The average molecular weight is 698 g/mol. The summed E-state index contributed by atoms with van der Waals surface area (Å²) in [4.78, 5) is 0. The quantitative estimate of drug-likeness (QED) is 0.161. The maximum atomic E-state index is 10.0. The van der Waals surface area contributed by atoms with E-state index in [0.717, 1.165) is 77.3 Å². The third-order valence-electron chi connectivity index (χ3n) is 12.6. The Hall–Kier alpha value is -7.49. The van der Waals surface area contributed by atoms with Gasteiger partial charge in [-0.05, 0) is 97.6 Å². The lowest BCUT2D eigenvalue weighted by atomic mass is 9.34. The van der Waals surface area contributed by atoms with Gasteiger partial charge >= 0.3 is 0 Å². The fraction of sp³-hybridized carbons (Fsp3) is 0. The summed E-state index contributed by atoms with van der Waals surface area (Å²) in [5, 5.41) is 21.6. The summed E-state index contributed by atoms with van der Waals surface area (Å²) < 4.78 is 17.9. The van der Waals surface area contributed by atoms with Crippen molar-refractivity contribution >= 4 is 110 Å². The van der Waals surface area contributed by atoms with Crippen molar-refractivity contribution in [3.63, 3.8) is 0 Å². The van der Waals surface area contributed by atoms with Crippen molar-refractivity contribution in [2.75, 3.05) is 0 Å². The van der Waals surface area contributed by atoms with Crippen LogP contribution in [0.15, 0.2) is 155 Å². The van der Waals surface area contributed by atoms with Crippen molar-refractivity contribution in [1.29, 1.82) is 5.26 Å². The van der Waals surface area contributed by atoms with Crippen LogP contribution in [0.25, 0.3) is 110 Å². The lowest BCUT2D eigenvalue weighted by Gasteiger charge is -2.35. The van der Waals surface area contributed by atoms with Crippen molar-refractivity contribution in [3.05, 3.63) is 152 Å². The highest BCUT2D eigenvalue weighted by molar-refractivity contribution is 7.00. The standard InChI is InChI=1S/C49H24BN3O2/c51-23-26-6-1-11-29(20-26)30-21-39-47-40(22-30)53-38-15-5-10-28-8-3-13-32(44(28)38)34-25-55-42-19-17-36(49(53)46(34)42)50(47)35-16-18-41-45-33(24-54-41)31-12-2-7-27-9-4-14-37(43(27)31)52(39)48(35)45/h1-22,24-25H. The second-order valence-electron chi connectivity index (χ2n) is 15.1. The molecule has 0 bridgehead atoms. The van der Waals surface area contributed by atoms with Crippen LogP contribution in [0.3, 0.4) is 0 Å². The molecule has 0 saturated heterocycles. The summed E-state index contributed by atoms with van der Waals surface area (Å²) in [6, 6.07) is 50.5. The molecule has 250 valence electrons. The van der Waals surface area contributed by atoms with Crippen molar-refractivity contribution in [2.24, 2.45) is 0 Å². The van der Waals surface area contributed by atoms with Gasteiger partial charge in [-0.3, -0.25) is 0 Å². The van der Waals surface area contributed by atoms with Gasteiger partial charge < -0.3 is 18.0 Å². The zero-order chi connectivity index (χ0) is 35.7. The van der Waals surface area contributed by atoms with Gasteiger partial charge in [0.2, 0.25) is 0 Å². The normalized spacial score (nSPS) is 13.0. The number of rotatable bonds is 1. The molecule has 0 amide bonds. The van der Waals surface area contributed by atoms with Crippen LogP contribution in [-0.4, -0.2) is 15.8 Å².